The fourth-order valence-corrected chi connectivity index (χ4v) is 5.47. The van der Waals surface area contributed by atoms with Gasteiger partial charge in [-0.1, -0.05) is 30.3 Å². The second-order valence-corrected chi connectivity index (χ2v) is 8.59. The lowest BCUT2D eigenvalue weighted by molar-refractivity contribution is 0.160. The summed E-state index contributed by atoms with van der Waals surface area (Å²) in [6, 6.07) is 13.0. The summed E-state index contributed by atoms with van der Waals surface area (Å²) in [5.74, 6) is -0.567. The zero-order valence-electron chi connectivity index (χ0n) is 13.2. The van der Waals surface area contributed by atoms with Crippen LogP contribution in [0, 0.1) is 5.82 Å². The molecule has 3 rings (SSSR count). The van der Waals surface area contributed by atoms with Crippen molar-refractivity contribution < 1.29 is 12.8 Å². The Labute approximate surface area is 150 Å². The lowest BCUT2D eigenvalue weighted by atomic mass is 10.1. The van der Waals surface area contributed by atoms with Crippen LogP contribution in [0.25, 0.3) is 0 Å². The Morgan fingerprint density at radius 2 is 1.83 bits per heavy atom. The highest BCUT2D eigenvalue weighted by atomic mass is 79.9. The minimum absolute atomic E-state index is 0.0343. The van der Waals surface area contributed by atoms with Gasteiger partial charge in [-0.15, -0.1) is 0 Å². The molecule has 0 radical (unpaired) electrons. The van der Waals surface area contributed by atoms with Crippen molar-refractivity contribution in [2.24, 2.45) is 0 Å². The van der Waals surface area contributed by atoms with E-state index < -0.39 is 15.8 Å². The van der Waals surface area contributed by atoms with Crippen LogP contribution in [0.15, 0.2) is 57.9 Å². The SMILES string of the molecule is CN1CCN(S(=O)(=O)c2cc(F)ccc2Br)C(c2ccccc2)C1. The number of piperazine rings is 1. The molecule has 4 nitrogen and oxygen atoms in total. The first-order chi connectivity index (χ1) is 11.4. The van der Waals surface area contributed by atoms with E-state index in [9.17, 15) is 12.8 Å². The van der Waals surface area contributed by atoms with Crippen molar-refractivity contribution in [2.75, 3.05) is 26.7 Å². The average Bonchev–Trinajstić information content (AvgIpc) is 2.57. The maximum absolute atomic E-state index is 13.6. The Balaban J connectivity index is 2.05. The van der Waals surface area contributed by atoms with Gasteiger partial charge < -0.3 is 4.90 Å². The van der Waals surface area contributed by atoms with Crippen LogP contribution in [0.5, 0.6) is 0 Å². The maximum atomic E-state index is 13.6. The highest BCUT2D eigenvalue weighted by Crippen LogP contribution is 2.33. The number of nitrogens with zero attached hydrogens (tertiary/aromatic N) is 2. The molecular weight excluding hydrogens is 395 g/mol. The van der Waals surface area contributed by atoms with Crippen LogP contribution in [-0.4, -0.2) is 44.3 Å². The summed E-state index contributed by atoms with van der Waals surface area (Å²) in [6.45, 7) is 1.59. The van der Waals surface area contributed by atoms with Gasteiger partial charge in [0.25, 0.3) is 0 Å². The summed E-state index contributed by atoms with van der Waals surface area (Å²) >= 11 is 3.24. The molecule has 2 aromatic rings. The Bertz CT molecular complexity index is 830. The summed E-state index contributed by atoms with van der Waals surface area (Å²) in [5.41, 5.74) is 0.931. The summed E-state index contributed by atoms with van der Waals surface area (Å²) in [7, 11) is -1.85. The maximum Gasteiger partial charge on any atom is 0.244 e. The van der Waals surface area contributed by atoms with E-state index >= 15 is 0 Å². The molecule has 0 aliphatic carbocycles. The van der Waals surface area contributed by atoms with Crippen molar-refractivity contribution in [3.63, 3.8) is 0 Å². The van der Waals surface area contributed by atoms with E-state index in [2.05, 4.69) is 20.8 Å². The molecule has 0 bridgehead atoms. The molecule has 1 aliphatic heterocycles. The van der Waals surface area contributed by atoms with E-state index in [0.717, 1.165) is 11.6 Å². The molecule has 0 spiro atoms. The van der Waals surface area contributed by atoms with Crippen LogP contribution in [0.1, 0.15) is 11.6 Å². The van der Waals surface area contributed by atoms with Gasteiger partial charge in [0.05, 0.1) is 10.9 Å². The van der Waals surface area contributed by atoms with Gasteiger partial charge in [0.2, 0.25) is 10.0 Å². The van der Waals surface area contributed by atoms with Gasteiger partial charge in [0, 0.05) is 24.1 Å². The molecule has 1 fully saturated rings. The van der Waals surface area contributed by atoms with Crippen molar-refractivity contribution >= 4 is 26.0 Å². The number of likely N-dealkylation sites (N-methyl/N-ethyl adjacent to an activating group) is 1. The average molecular weight is 413 g/mol. The zero-order chi connectivity index (χ0) is 17.3. The lowest BCUT2D eigenvalue weighted by Crippen LogP contribution is -2.49. The molecule has 0 saturated carbocycles. The van der Waals surface area contributed by atoms with Crippen LogP contribution in [-0.2, 0) is 10.0 Å². The molecule has 1 atom stereocenters. The van der Waals surface area contributed by atoms with E-state index in [4.69, 9.17) is 0 Å². The fourth-order valence-electron chi connectivity index (χ4n) is 2.94. The molecule has 1 aliphatic rings. The second kappa shape index (κ2) is 6.92. The van der Waals surface area contributed by atoms with Crippen LogP contribution < -0.4 is 0 Å². The summed E-state index contributed by atoms with van der Waals surface area (Å²) in [5, 5.41) is 0. The second-order valence-electron chi connectivity index (χ2n) is 5.88. The number of hydrogen-bond acceptors (Lipinski definition) is 3. The minimum atomic E-state index is -3.82. The van der Waals surface area contributed by atoms with Crippen LogP contribution >= 0.6 is 15.9 Å². The molecule has 0 aromatic heterocycles. The van der Waals surface area contributed by atoms with Gasteiger partial charge in [-0.05, 0) is 46.7 Å². The van der Waals surface area contributed by atoms with Crippen LogP contribution in [0.3, 0.4) is 0 Å². The third-order valence-electron chi connectivity index (χ3n) is 4.20. The summed E-state index contributed by atoms with van der Waals surface area (Å²) < 4.78 is 41.8. The standard InChI is InChI=1S/C17H18BrFN2O2S/c1-20-9-10-21(16(12-20)13-5-3-2-4-6-13)24(22,23)17-11-14(19)7-8-15(17)18/h2-8,11,16H,9-10,12H2,1H3. The molecule has 0 N–H and O–H groups in total. The molecular formula is C17H18BrFN2O2S. The van der Waals surface area contributed by atoms with Gasteiger partial charge in [0.1, 0.15) is 5.82 Å². The minimum Gasteiger partial charge on any atom is -0.303 e. The largest absolute Gasteiger partial charge is 0.303 e. The number of sulfonamides is 1. The molecule has 7 heteroatoms. The van der Waals surface area contributed by atoms with Gasteiger partial charge in [-0.25, -0.2) is 12.8 Å². The zero-order valence-corrected chi connectivity index (χ0v) is 15.6. The first-order valence-electron chi connectivity index (χ1n) is 7.60. The van der Waals surface area contributed by atoms with E-state index in [0.29, 0.717) is 24.1 Å². The van der Waals surface area contributed by atoms with Crippen LogP contribution in [0.4, 0.5) is 4.39 Å². The van der Waals surface area contributed by atoms with E-state index in [-0.39, 0.29) is 10.9 Å². The van der Waals surface area contributed by atoms with E-state index in [1.165, 1.54) is 16.4 Å². The quantitative estimate of drug-likeness (QED) is 0.776. The lowest BCUT2D eigenvalue weighted by Gasteiger charge is -2.39. The third kappa shape index (κ3) is 3.39. The molecule has 2 aromatic carbocycles. The Hall–Kier alpha value is -1.28. The fraction of sp³-hybridized carbons (Fsp3) is 0.294. The number of rotatable bonds is 3. The first kappa shape index (κ1) is 17.5. The number of halogens is 2. The van der Waals surface area contributed by atoms with Gasteiger partial charge >= 0.3 is 0 Å². The van der Waals surface area contributed by atoms with Crippen LogP contribution in [0.2, 0.25) is 0 Å². The van der Waals surface area contributed by atoms with Crippen molar-refractivity contribution in [3.8, 4) is 0 Å². The monoisotopic (exact) mass is 412 g/mol. The van der Waals surface area contributed by atoms with Gasteiger partial charge in [-0.2, -0.15) is 4.31 Å². The number of hydrogen-bond donors (Lipinski definition) is 0. The molecule has 24 heavy (non-hydrogen) atoms. The normalized spacial score (nSPS) is 20.2. The predicted octanol–water partition coefficient (Wildman–Crippen LogP) is 3.27. The molecule has 1 saturated heterocycles. The molecule has 1 unspecified atom stereocenters. The summed E-state index contributed by atoms with van der Waals surface area (Å²) in [4.78, 5) is 2.07. The van der Waals surface area contributed by atoms with Gasteiger partial charge in [0.15, 0.2) is 0 Å². The first-order valence-corrected chi connectivity index (χ1v) is 9.83. The van der Waals surface area contributed by atoms with E-state index in [1.54, 1.807) is 0 Å². The molecule has 128 valence electrons. The third-order valence-corrected chi connectivity index (χ3v) is 7.10. The Kier molecular flexibility index (Phi) is 5.05. The van der Waals surface area contributed by atoms with E-state index in [1.807, 2.05) is 37.4 Å². The van der Waals surface area contributed by atoms with Crippen molar-refractivity contribution in [1.29, 1.82) is 0 Å². The molecule has 1 heterocycles. The molecule has 0 amide bonds. The van der Waals surface area contributed by atoms with Crippen molar-refractivity contribution in [2.45, 2.75) is 10.9 Å². The smallest absolute Gasteiger partial charge is 0.244 e. The van der Waals surface area contributed by atoms with Gasteiger partial charge in [-0.3, -0.25) is 0 Å². The predicted molar refractivity (Wildman–Crippen MR) is 94.7 cm³/mol. The highest BCUT2D eigenvalue weighted by Gasteiger charge is 2.37. The Morgan fingerprint density at radius 3 is 2.54 bits per heavy atom. The summed E-state index contributed by atoms with van der Waals surface area (Å²) in [6.07, 6.45) is 0. The Morgan fingerprint density at radius 1 is 1.12 bits per heavy atom. The van der Waals surface area contributed by atoms with Crippen molar-refractivity contribution in [3.05, 3.63) is 64.4 Å². The topological polar surface area (TPSA) is 40.6 Å². The number of benzene rings is 2. The highest BCUT2D eigenvalue weighted by molar-refractivity contribution is 9.10. The van der Waals surface area contributed by atoms with Crippen molar-refractivity contribution in [1.82, 2.24) is 9.21 Å².